The number of aldehydes is 1. The van der Waals surface area contributed by atoms with Crippen LogP contribution in [0.25, 0.3) is 0 Å². The minimum absolute atomic E-state index is 0.0293. The van der Waals surface area contributed by atoms with Gasteiger partial charge in [0.05, 0.1) is 18.3 Å². The number of aliphatic hydroxyl groups is 4. The van der Waals surface area contributed by atoms with Crippen LogP contribution in [0.2, 0.25) is 0 Å². The number of allylic oxidation sites excluding steroid dienone is 1. The van der Waals surface area contributed by atoms with Crippen LogP contribution in [0.3, 0.4) is 0 Å². The molecule has 0 unspecified atom stereocenters. The predicted molar refractivity (Wildman–Crippen MR) is 137 cm³/mol. The van der Waals surface area contributed by atoms with Crippen molar-refractivity contribution in [3.8, 4) is 0 Å². The number of rotatable bonds is 15. The van der Waals surface area contributed by atoms with Crippen LogP contribution < -0.4 is 0 Å². The SMILES string of the molecule is CC[C@@H](C)C[C@H](/C=C(\C)[C@H](O)[C@H](C)/C=C(\C)[C@H](O)[C@H](C)/C=C/[C@H](O)[C@H](C)/C=C(\C)C=O)CO. The molecular formula is C28H48O5. The standard InChI is InChI=1S/C28H48O5/c1-9-18(2)13-25(17-30)15-24(8)28(33)23(7)14-22(6)27(32)20(4)10-11-26(31)21(5)12-19(3)16-29/h10-12,14-16,18,20-21,23,25-28,30-33H,9,13,17H2,1-8H3/b11-10+,19-12+,22-14+,24-15+/t18-,20-,21-,23-,25-,26+,27-,28-/m1/s1. The van der Waals surface area contributed by atoms with Gasteiger partial charge in [-0.1, -0.05) is 71.4 Å². The largest absolute Gasteiger partial charge is 0.396 e. The van der Waals surface area contributed by atoms with Gasteiger partial charge < -0.3 is 20.4 Å². The van der Waals surface area contributed by atoms with Gasteiger partial charge in [0.2, 0.25) is 0 Å². The lowest BCUT2D eigenvalue weighted by Gasteiger charge is -2.23. The summed E-state index contributed by atoms with van der Waals surface area (Å²) in [5.74, 6) is -0.0900. The van der Waals surface area contributed by atoms with E-state index in [1.807, 2.05) is 46.8 Å². The maximum Gasteiger partial charge on any atom is 0.145 e. The van der Waals surface area contributed by atoms with Gasteiger partial charge in [0.25, 0.3) is 0 Å². The molecule has 0 amide bonds. The Morgan fingerprint density at radius 2 is 1.33 bits per heavy atom. The minimum atomic E-state index is -0.748. The zero-order valence-electron chi connectivity index (χ0n) is 21.9. The van der Waals surface area contributed by atoms with Gasteiger partial charge in [-0.05, 0) is 49.8 Å². The zero-order chi connectivity index (χ0) is 25.7. The van der Waals surface area contributed by atoms with E-state index in [1.54, 1.807) is 25.2 Å². The molecule has 33 heavy (non-hydrogen) atoms. The van der Waals surface area contributed by atoms with Gasteiger partial charge in [-0.15, -0.1) is 0 Å². The van der Waals surface area contributed by atoms with Crippen molar-refractivity contribution in [2.75, 3.05) is 6.61 Å². The van der Waals surface area contributed by atoms with Crippen molar-refractivity contribution in [1.29, 1.82) is 0 Å². The predicted octanol–water partition coefficient (Wildman–Crippen LogP) is 4.62. The minimum Gasteiger partial charge on any atom is -0.396 e. The molecule has 0 saturated carbocycles. The van der Waals surface area contributed by atoms with E-state index >= 15 is 0 Å². The fourth-order valence-corrected chi connectivity index (χ4v) is 3.91. The van der Waals surface area contributed by atoms with E-state index in [1.165, 1.54) is 0 Å². The molecule has 0 aliphatic heterocycles. The summed E-state index contributed by atoms with van der Waals surface area (Å²) in [5, 5.41) is 41.4. The third-order valence-electron chi connectivity index (χ3n) is 6.45. The van der Waals surface area contributed by atoms with E-state index in [4.69, 9.17) is 0 Å². The van der Waals surface area contributed by atoms with Crippen molar-refractivity contribution >= 4 is 6.29 Å². The normalized spacial score (nSPS) is 21.3. The van der Waals surface area contributed by atoms with Crippen molar-refractivity contribution in [3.63, 3.8) is 0 Å². The summed E-state index contributed by atoms with van der Waals surface area (Å²) < 4.78 is 0. The molecule has 0 radical (unpaired) electrons. The molecule has 0 fully saturated rings. The number of carbonyl (C=O) groups excluding carboxylic acids is 1. The van der Waals surface area contributed by atoms with Crippen LogP contribution in [-0.4, -0.2) is 51.6 Å². The lowest BCUT2D eigenvalue weighted by Crippen LogP contribution is -2.23. The van der Waals surface area contributed by atoms with Crippen LogP contribution in [0.1, 0.15) is 68.2 Å². The molecule has 4 N–H and O–H groups in total. The monoisotopic (exact) mass is 464 g/mol. The highest BCUT2D eigenvalue weighted by atomic mass is 16.3. The van der Waals surface area contributed by atoms with Crippen molar-refractivity contribution in [1.82, 2.24) is 0 Å². The lowest BCUT2D eigenvalue weighted by atomic mass is 9.88. The summed E-state index contributed by atoms with van der Waals surface area (Å²) >= 11 is 0. The second kappa shape index (κ2) is 16.2. The van der Waals surface area contributed by atoms with E-state index in [2.05, 4.69) is 13.8 Å². The van der Waals surface area contributed by atoms with E-state index < -0.39 is 18.3 Å². The molecule has 5 nitrogen and oxygen atoms in total. The molecule has 0 aliphatic rings. The quantitative estimate of drug-likeness (QED) is 0.161. The highest BCUT2D eigenvalue weighted by molar-refractivity contribution is 5.72. The highest BCUT2D eigenvalue weighted by Gasteiger charge is 2.20. The maximum atomic E-state index is 10.8. The Bertz CT molecular complexity index is 690. The number of aliphatic hydroxyl groups excluding tert-OH is 4. The first-order chi connectivity index (χ1) is 15.4. The summed E-state index contributed by atoms with van der Waals surface area (Å²) in [5.41, 5.74) is 2.15. The second-order valence-corrected chi connectivity index (χ2v) is 9.88. The van der Waals surface area contributed by atoms with Crippen molar-refractivity contribution < 1.29 is 25.2 Å². The fraction of sp³-hybridized carbons (Fsp3) is 0.679. The van der Waals surface area contributed by atoms with E-state index in [9.17, 15) is 25.2 Å². The molecule has 0 saturated heterocycles. The van der Waals surface area contributed by atoms with Gasteiger partial charge in [0.15, 0.2) is 0 Å². The molecule has 190 valence electrons. The van der Waals surface area contributed by atoms with Crippen LogP contribution in [0.15, 0.2) is 47.1 Å². The maximum absolute atomic E-state index is 10.8. The summed E-state index contributed by atoms with van der Waals surface area (Å²) in [7, 11) is 0. The summed E-state index contributed by atoms with van der Waals surface area (Å²) in [4.78, 5) is 10.8. The Hall–Kier alpha value is -1.53. The molecule has 8 atom stereocenters. The average molecular weight is 465 g/mol. The van der Waals surface area contributed by atoms with E-state index in [-0.39, 0.29) is 30.3 Å². The molecule has 0 rings (SSSR count). The summed E-state index contributed by atoms with van der Waals surface area (Å²) in [6.07, 6.45) is 9.52. The van der Waals surface area contributed by atoms with Gasteiger partial charge >= 0.3 is 0 Å². The molecule has 5 heteroatoms. The van der Waals surface area contributed by atoms with Crippen LogP contribution in [-0.2, 0) is 4.79 Å². The smallest absolute Gasteiger partial charge is 0.145 e. The Labute approximate surface area is 201 Å². The van der Waals surface area contributed by atoms with Crippen molar-refractivity contribution in [3.05, 3.63) is 47.1 Å². The Balaban J connectivity index is 5.17. The first-order valence-electron chi connectivity index (χ1n) is 12.2. The zero-order valence-corrected chi connectivity index (χ0v) is 21.9. The first-order valence-corrected chi connectivity index (χ1v) is 12.2. The van der Waals surface area contributed by atoms with Gasteiger partial charge in [0, 0.05) is 30.3 Å². The molecule has 0 aromatic rings. The molecule has 0 aromatic carbocycles. The Kier molecular flexibility index (Phi) is 15.4. The van der Waals surface area contributed by atoms with Crippen LogP contribution >= 0.6 is 0 Å². The van der Waals surface area contributed by atoms with Crippen molar-refractivity contribution in [2.45, 2.75) is 86.5 Å². The number of carbonyl (C=O) groups is 1. The second-order valence-electron chi connectivity index (χ2n) is 9.88. The Morgan fingerprint density at radius 1 is 0.788 bits per heavy atom. The lowest BCUT2D eigenvalue weighted by molar-refractivity contribution is -0.104. The molecule has 0 heterocycles. The summed E-state index contributed by atoms with van der Waals surface area (Å²) in [6, 6.07) is 0. The molecule has 0 aliphatic carbocycles. The third-order valence-corrected chi connectivity index (χ3v) is 6.45. The molecule has 0 spiro atoms. The molecule has 0 bridgehead atoms. The molecule has 0 aromatic heterocycles. The first kappa shape index (κ1) is 31.5. The van der Waals surface area contributed by atoms with E-state index in [0.717, 1.165) is 30.3 Å². The van der Waals surface area contributed by atoms with Crippen LogP contribution in [0.5, 0.6) is 0 Å². The van der Waals surface area contributed by atoms with Crippen molar-refractivity contribution in [2.24, 2.45) is 29.6 Å². The topological polar surface area (TPSA) is 98.0 Å². The fourth-order valence-electron chi connectivity index (χ4n) is 3.91. The average Bonchev–Trinajstić information content (AvgIpc) is 2.79. The van der Waals surface area contributed by atoms with E-state index in [0.29, 0.717) is 11.5 Å². The van der Waals surface area contributed by atoms with Gasteiger partial charge in [-0.25, -0.2) is 0 Å². The highest BCUT2D eigenvalue weighted by Crippen LogP contribution is 2.23. The van der Waals surface area contributed by atoms with Gasteiger partial charge in [-0.3, -0.25) is 4.79 Å². The summed E-state index contributed by atoms with van der Waals surface area (Å²) in [6.45, 7) is 15.4. The number of hydrogen-bond donors (Lipinski definition) is 4. The van der Waals surface area contributed by atoms with Crippen LogP contribution in [0, 0.1) is 29.6 Å². The third kappa shape index (κ3) is 11.9. The van der Waals surface area contributed by atoms with Gasteiger partial charge in [0.1, 0.15) is 6.29 Å². The Morgan fingerprint density at radius 3 is 1.85 bits per heavy atom. The number of hydrogen-bond acceptors (Lipinski definition) is 5. The van der Waals surface area contributed by atoms with Gasteiger partial charge in [-0.2, -0.15) is 0 Å². The van der Waals surface area contributed by atoms with Crippen LogP contribution in [0.4, 0.5) is 0 Å². The molecular weight excluding hydrogens is 416 g/mol.